The summed E-state index contributed by atoms with van der Waals surface area (Å²) in [6.07, 6.45) is -3.23. The molecule has 0 saturated carbocycles. The highest BCUT2D eigenvalue weighted by Crippen LogP contribution is 2.39. The van der Waals surface area contributed by atoms with Gasteiger partial charge in [-0.25, -0.2) is 4.79 Å². The van der Waals surface area contributed by atoms with Crippen molar-refractivity contribution in [2.45, 2.75) is 12.8 Å². The lowest BCUT2D eigenvalue weighted by Gasteiger charge is -2.14. The first-order valence-electron chi connectivity index (χ1n) is 11.9. The number of nitrogens with zero attached hydrogens (tertiary/aromatic N) is 1. The highest BCUT2D eigenvalue weighted by molar-refractivity contribution is 8.18. The molecule has 1 heterocycles. The Morgan fingerprint density at radius 3 is 2.45 bits per heavy atom. The third kappa shape index (κ3) is 7.22. The van der Waals surface area contributed by atoms with Crippen molar-refractivity contribution in [3.8, 4) is 11.5 Å². The third-order valence-electron chi connectivity index (χ3n) is 5.78. The number of carboxylic acid groups (broad SMARTS) is 1. The van der Waals surface area contributed by atoms with E-state index in [1.165, 1.54) is 43.5 Å². The second-order valence-electron chi connectivity index (χ2n) is 8.72. The van der Waals surface area contributed by atoms with Gasteiger partial charge in [0.05, 0.1) is 28.2 Å². The van der Waals surface area contributed by atoms with Crippen LogP contribution in [0.25, 0.3) is 6.08 Å². The smallest absolute Gasteiger partial charge is 0.416 e. The number of amides is 3. The minimum absolute atomic E-state index is 0.0165. The van der Waals surface area contributed by atoms with Gasteiger partial charge in [-0.15, -0.1) is 0 Å². The first kappa shape index (κ1) is 30.5. The van der Waals surface area contributed by atoms with E-state index in [1.54, 1.807) is 12.1 Å². The standard InChI is InChI=1S/C28H20ClF3N2O7S/c1-40-21-10-16(9-20(29)24(21)41-14-15-5-7-17(8-6-15)26(37)38)11-22-25(36)34(27(39)42-22)13-23(35)33-19-4-2-3-18(12-19)28(30,31)32/h2-12H,13-14H2,1H3,(H,33,35)(H,37,38)/b22-11-. The molecule has 4 rings (SSSR count). The zero-order valence-electron chi connectivity index (χ0n) is 21.5. The van der Waals surface area contributed by atoms with Crippen molar-refractivity contribution in [1.29, 1.82) is 0 Å². The molecule has 1 aliphatic heterocycles. The Morgan fingerprint density at radius 2 is 1.81 bits per heavy atom. The summed E-state index contributed by atoms with van der Waals surface area (Å²) >= 11 is 6.98. The van der Waals surface area contributed by atoms with E-state index in [0.29, 0.717) is 27.8 Å². The molecule has 42 heavy (non-hydrogen) atoms. The molecule has 0 atom stereocenters. The number of thioether (sulfide) groups is 1. The van der Waals surface area contributed by atoms with Crippen LogP contribution in [0.5, 0.6) is 11.5 Å². The Morgan fingerprint density at radius 1 is 1.10 bits per heavy atom. The van der Waals surface area contributed by atoms with Crippen molar-refractivity contribution >= 4 is 58.1 Å². The van der Waals surface area contributed by atoms with Crippen LogP contribution in [0.2, 0.25) is 5.02 Å². The summed E-state index contributed by atoms with van der Waals surface area (Å²) in [6, 6.07) is 13.0. The summed E-state index contributed by atoms with van der Waals surface area (Å²) < 4.78 is 50.0. The van der Waals surface area contributed by atoms with E-state index < -0.39 is 41.3 Å². The van der Waals surface area contributed by atoms with Crippen LogP contribution in [0, 0.1) is 0 Å². The number of anilines is 1. The molecule has 0 aromatic heterocycles. The Bertz CT molecular complexity index is 1590. The fourth-order valence-electron chi connectivity index (χ4n) is 3.77. The van der Waals surface area contributed by atoms with Gasteiger partial charge in [0.15, 0.2) is 11.5 Å². The number of hydrogen-bond acceptors (Lipinski definition) is 7. The molecule has 0 spiro atoms. The molecular weight excluding hydrogens is 601 g/mol. The van der Waals surface area contributed by atoms with Crippen LogP contribution < -0.4 is 14.8 Å². The predicted octanol–water partition coefficient (Wildman–Crippen LogP) is 6.32. The molecule has 3 aromatic carbocycles. The zero-order chi connectivity index (χ0) is 30.6. The number of imide groups is 1. The SMILES string of the molecule is COc1cc(/C=C2\SC(=O)N(CC(=O)Nc3cccc(C(F)(F)F)c3)C2=O)cc(Cl)c1OCc1ccc(C(=O)O)cc1. The fourth-order valence-corrected chi connectivity index (χ4v) is 4.88. The molecule has 2 N–H and O–H groups in total. The van der Waals surface area contributed by atoms with Gasteiger partial charge in [-0.2, -0.15) is 13.2 Å². The number of carbonyl (C=O) groups excluding carboxylic acids is 3. The minimum atomic E-state index is -4.61. The van der Waals surface area contributed by atoms with Gasteiger partial charge in [-0.05, 0) is 71.4 Å². The number of methoxy groups -OCH3 is 1. The Kier molecular flexibility index (Phi) is 9.12. The molecular formula is C28H20ClF3N2O7S. The topological polar surface area (TPSA) is 122 Å². The summed E-state index contributed by atoms with van der Waals surface area (Å²) in [6.45, 7) is -0.653. The number of aromatic carboxylic acids is 1. The normalized spacial score (nSPS) is 14.3. The molecule has 9 nitrogen and oxygen atoms in total. The van der Waals surface area contributed by atoms with Gasteiger partial charge in [0.1, 0.15) is 13.2 Å². The average Bonchev–Trinajstić information content (AvgIpc) is 3.19. The lowest BCUT2D eigenvalue weighted by molar-refractivity contribution is -0.137. The first-order chi connectivity index (χ1) is 19.8. The number of benzene rings is 3. The number of hydrogen-bond donors (Lipinski definition) is 2. The van der Waals surface area contributed by atoms with E-state index in [9.17, 15) is 32.3 Å². The van der Waals surface area contributed by atoms with Crippen LogP contribution in [0.1, 0.15) is 27.0 Å². The lowest BCUT2D eigenvalue weighted by Crippen LogP contribution is -2.36. The monoisotopic (exact) mass is 620 g/mol. The molecule has 0 aliphatic carbocycles. The average molecular weight is 621 g/mol. The maximum Gasteiger partial charge on any atom is 0.416 e. The highest BCUT2D eigenvalue weighted by atomic mass is 35.5. The summed E-state index contributed by atoms with van der Waals surface area (Å²) in [4.78, 5) is 49.5. The van der Waals surface area contributed by atoms with E-state index in [0.717, 1.165) is 18.2 Å². The number of ether oxygens (including phenoxy) is 2. The van der Waals surface area contributed by atoms with E-state index in [4.69, 9.17) is 26.2 Å². The van der Waals surface area contributed by atoms with E-state index >= 15 is 0 Å². The number of carboxylic acids is 1. The number of carbonyl (C=O) groups is 4. The first-order valence-corrected chi connectivity index (χ1v) is 13.1. The molecule has 3 amide bonds. The molecule has 218 valence electrons. The number of alkyl halides is 3. The van der Waals surface area contributed by atoms with Gasteiger partial charge < -0.3 is 19.9 Å². The second kappa shape index (κ2) is 12.6. The molecule has 0 unspecified atom stereocenters. The predicted molar refractivity (Wildman–Crippen MR) is 148 cm³/mol. The summed E-state index contributed by atoms with van der Waals surface area (Å²) in [5.74, 6) is -2.28. The van der Waals surface area contributed by atoms with Crippen LogP contribution in [0.15, 0.2) is 65.6 Å². The van der Waals surface area contributed by atoms with Crippen LogP contribution >= 0.6 is 23.4 Å². The second-order valence-corrected chi connectivity index (χ2v) is 10.1. The van der Waals surface area contributed by atoms with E-state index in [2.05, 4.69) is 5.32 Å². The summed E-state index contributed by atoms with van der Waals surface area (Å²) in [7, 11) is 1.38. The lowest BCUT2D eigenvalue weighted by atomic mass is 10.1. The van der Waals surface area contributed by atoms with Gasteiger partial charge in [0.2, 0.25) is 5.91 Å². The van der Waals surface area contributed by atoms with Crippen LogP contribution in [0.3, 0.4) is 0 Å². The largest absolute Gasteiger partial charge is 0.493 e. The molecule has 1 saturated heterocycles. The molecule has 3 aromatic rings. The van der Waals surface area contributed by atoms with Gasteiger partial charge in [-0.3, -0.25) is 19.3 Å². The third-order valence-corrected chi connectivity index (χ3v) is 6.97. The number of nitrogens with one attached hydrogen (secondary N) is 1. The number of halogens is 4. The van der Waals surface area contributed by atoms with Crippen molar-refractivity contribution in [2.75, 3.05) is 19.0 Å². The van der Waals surface area contributed by atoms with Crippen LogP contribution in [0.4, 0.5) is 23.7 Å². The van der Waals surface area contributed by atoms with Crippen molar-refractivity contribution in [3.63, 3.8) is 0 Å². The van der Waals surface area contributed by atoms with Crippen molar-refractivity contribution in [3.05, 3.63) is 92.8 Å². The van der Waals surface area contributed by atoms with E-state index in [1.807, 2.05) is 0 Å². The minimum Gasteiger partial charge on any atom is -0.493 e. The summed E-state index contributed by atoms with van der Waals surface area (Å²) in [5, 5.41) is 10.7. The van der Waals surface area contributed by atoms with Crippen LogP contribution in [-0.2, 0) is 22.4 Å². The molecule has 1 fully saturated rings. The summed E-state index contributed by atoms with van der Waals surface area (Å²) in [5.41, 5.74) is 0.0781. The molecule has 0 bridgehead atoms. The fraction of sp³-hybridized carbons (Fsp3) is 0.143. The zero-order valence-corrected chi connectivity index (χ0v) is 23.1. The van der Waals surface area contributed by atoms with Crippen LogP contribution in [-0.4, -0.2) is 46.7 Å². The van der Waals surface area contributed by atoms with Gasteiger partial charge in [0.25, 0.3) is 11.1 Å². The van der Waals surface area contributed by atoms with Gasteiger partial charge in [-0.1, -0.05) is 29.8 Å². The highest BCUT2D eigenvalue weighted by Gasteiger charge is 2.36. The Hall–Kier alpha value is -4.49. The van der Waals surface area contributed by atoms with Crippen molar-refractivity contribution in [2.24, 2.45) is 0 Å². The van der Waals surface area contributed by atoms with E-state index in [-0.39, 0.29) is 39.3 Å². The maximum atomic E-state index is 12.9. The number of rotatable bonds is 9. The Labute approximate surface area is 245 Å². The molecule has 1 aliphatic rings. The molecule has 0 radical (unpaired) electrons. The van der Waals surface area contributed by atoms with Crippen molar-refractivity contribution < 1.29 is 46.9 Å². The Balaban J connectivity index is 1.44. The van der Waals surface area contributed by atoms with Gasteiger partial charge >= 0.3 is 12.1 Å². The maximum absolute atomic E-state index is 12.9. The quantitative estimate of drug-likeness (QED) is 0.267. The molecule has 14 heteroatoms. The van der Waals surface area contributed by atoms with Gasteiger partial charge in [0, 0.05) is 5.69 Å². The van der Waals surface area contributed by atoms with Crippen molar-refractivity contribution in [1.82, 2.24) is 4.90 Å².